The van der Waals surface area contributed by atoms with Crippen LogP contribution in [0.4, 0.5) is 0 Å². The summed E-state index contributed by atoms with van der Waals surface area (Å²) in [6.07, 6.45) is 2.85. The molecule has 1 aromatic heterocycles. The first-order valence-electron chi connectivity index (χ1n) is 7.31. The fourth-order valence-electron chi connectivity index (χ4n) is 2.52. The van der Waals surface area contributed by atoms with Crippen molar-refractivity contribution in [3.63, 3.8) is 0 Å². The average molecular weight is 308 g/mol. The molecule has 0 radical (unpaired) electrons. The fourth-order valence-corrected chi connectivity index (χ4v) is 2.52. The van der Waals surface area contributed by atoms with Gasteiger partial charge in [0, 0.05) is 12.0 Å². The zero-order chi connectivity index (χ0) is 16.5. The molecule has 1 saturated heterocycles. The van der Waals surface area contributed by atoms with E-state index in [0.717, 1.165) is 6.39 Å². The molecule has 1 aliphatic rings. The molecule has 7 nitrogen and oxygen atoms in total. The van der Waals surface area contributed by atoms with Crippen LogP contribution < -0.4 is 0 Å². The maximum absolute atomic E-state index is 12.5. The predicted molar refractivity (Wildman–Crippen MR) is 76.2 cm³/mol. The Labute approximate surface area is 128 Å². The molecule has 0 unspecified atom stereocenters. The highest BCUT2D eigenvalue weighted by molar-refractivity contribution is 6.38. The van der Waals surface area contributed by atoms with E-state index in [9.17, 15) is 14.4 Å². The lowest BCUT2D eigenvalue weighted by Gasteiger charge is -2.27. The lowest BCUT2D eigenvalue weighted by molar-refractivity contribution is -0.150. The number of likely N-dealkylation sites (tertiary alicyclic amines) is 1. The van der Waals surface area contributed by atoms with Gasteiger partial charge in [-0.15, -0.1) is 0 Å². The molecular formula is C15H20N2O5. The van der Waals surface area contributed by atoms with Gasteiger partial charge in [0.05, 0.1) is 6.04 Å². The van der Waals surface area contributed by atoms with Crippen LogP contribution in [0.1, 0.15) is 62.3 Å². The van der Waals surface area contributed by atoms with Crippen molar-refractivity contribution in [2.45, 2.75) is 46.1 Å². The van der Waals surface area contributed by atoms with E-state index in [4.69, 9.17) is 9.52 Å². The number of nitrogens with zero attached hydrogens (tertiary/aromatic N) is 2. The van der Waals surface area contributed by atoms with E-state index in [1.165, 1.54) is 4.90 Å². The lowest BCUT2D eigenvalue weighted by atomic mass is 9.84. The summed E-state index contributed by atoms with van der Waals surface area (Å²) in [7, 11) is 0. The maximum Gasteiger partial charge on any atom is 0.358 e. The summed E-state index contributed by atoms with van der Waals surface area (Å²) in [5.74, 6) is -2.11. The smallest absolute Gasteiger partial charge is 0.358 e. The van der Waals surface area contributed by atoms with Gasteiger partial charge >= 0.3 is 5.97 Å². The molecule has 1 N–H and O–H groups in total. The maximum atomic E-state index is 12.5. The van der Waals surface area contributed by atoms with Crippen LogP contribution in [0.5, 0.6) is 0 Å². The molecule has 2 heterocycles. The van der Waals surface area contributed by atoms with Gasteiger partial charge in [-0.05, 0) is 19.3 Å². The van der Waals surface area contributed by atoms with Gasteiger partial charge in [0.15, 0.2) is 17.8 Å². The number of carboxylic acids is 1. The molecule has 0 spiro atoms. The SMILES string of the molecule is CCC(C)(C)C(=O)C(=O)N1CCC[C@H]1c1ocnc1C(=O)O. The van der Waals surface area contributed by atoms with Crippen LogP contribution in [-0.2, 0) is 9.59 Å². The number of carbonyl (C=O) groups excluding carboxylic acids is 2. The van der Waals surface area contributed by atoms with E-state index in [1.807, 2.05) is 6.92 Å². The third kappa shape index (κ3) is 2.75. The van der Waals surface area contributed by atoms with Gasteiger partial charge in [-0.2, -0.15) is 0 Å². The van der Waals surface area contributed by atoms with Gasteiger partial charge in [-0.25, -0.2) is 9.78 Å². The van der Waals surface area contributed by atoms with Gasteiger partial charge in [-0.3, -0.25) is 9.59 Å². The molecular weight excluding hydrogens is 288 g/mol. The number of carbonyl (C=O) groups is 3. The standard InChI is InChI=1S/C15H20N2O5/c1-4-15(2,3)12(18)13(19)17-7-5-6-9(17)11-10(14(20)21)16-8-22-11/h8-9H,4-7H2,1-3H3,(H,20,21)/t9-/m0/s1. The Morgan fingerprint density at radius 3 is 2.73 bits per heavy atom. The first-order chi connectivity index (χ1) is 10.3. The van der Waals surface area contributed by atoms with Crippen molar-refractivity contribution < 1.29 is 23.9 Å². The van der Waals surface area contributed by atoms with E-state index in [2.05, 4.69) is 4.98 Å². The van der Waals surface area contributed by atoms with Gasteiger partial charge in [-0.1, -0.05) is 20.8 Å². The van der Waals surface area contributed by atoms with E-state index < -0.39 is 29.1 Å². The molecule has 0 aromatic carbocycles. The molecule has 0 aliphatic carbocycles. The van der Waals surface area contributed by atoms with Crippen LogP contribution in [0.3, 0.4) is 0 Å². The van der Waals surface area contributed by atoms with Crippen LogP contribution in [-0.4, -0.2) is 39.2 Å². The second kappa shape index (κ2) is 5.90. The number of hydrogen-bond acceptors (Lipinski definition) is 5. The van der Waals surface area contributed by atoms with Crippen LogP contribution >= 0.6 is 0 Å². The van der Waals surface area contributed by atoms with E-state index >= 15 is 0 Å². The van der Waals surface area contributed by atoms with Crippen molar-refractivity contribution in [3.05, 3.63) is 17.8 Å². The molecule has 1 aromatic rings. The molecule has 0 saturated carbocycles. The van der Waals surface area contributed by atoms with Crippen LogP contribution in [0, 0.1) is 5.41 Å². The van der Waals surface area contributed by atoms with Crippen LogP contribution in [0.2, 0.25) is 0 Å². The Kier molecular flexibility index (Phi) is 4.35. The summed E-state index contributed by atoms with van der Waals surface area (Å²) >= 11 is 0. The summed E-state index contributed by atoms with van der Waals surface area (Å²) in [6, 6.07) is -0.544. The first kappa shape index (κ1) is 16.2. The third-order valence-electron chi connectivity index (χ3n) is 4.31. The molecule has 1 amide bonds. The predicted octanol–water partition coefficient (Wildman–Crippen LogP) is 2.04. The normalized spacial score (nSPS) is 18.5. The van der Waals surface area contributed by atoms with Gasteiger partial charge < -0.3 is 14.4 Å². The second-order valence-corrected chi connectivity index (χ2v) is 6.09. The molecule has 1 fully saturated rings. The molecule has 120 valence electrons. The number of oxazole rings is 1. The molecule has 2 rings (SSSR count). The van der Waals surface area contributed by atoms with Gasteiger partial charge in [0.1, 0.15) is 0 Å². The Morgan fingerprint density at radius 1 is 1.45 bits per heavy atom. The van der Waals surface area contributed by atoms with Crippen molar-refractivity contribution in [3.8, 4) is 0 Å². The highest BCUT2D eigenvalue weighted by Crippen LogP contribution is 2.35. The van der Waals surface area contributed by atoms with Crippen molar-refractivity contribution in [2.24, 2.45) is 5.41 Å². The Morgan fingerprint density at radius 2 is 2.14 bits per heavy atom. The van der Waals surface area contributed by atoms with Crippen molar-refractivity contribution in [1.29, 1.82) is 0 Å². The quantitative estimate of drug-likeness (QED) is 0.835. The Bertz CT molecular complexity index is 605. The summed E-state index contributed by atoms with van der Waals surface area (Å²) in [4.78, 5) is 41.1. The fraction of sp³-hybridized carbons (Fsp3) is 0.600. The minimum Gasteiger partial charge on any atom is -0.476 e. The molecule has 1 aliphatic heterocycles. The summed E-state index contributed by atoms with van der Waals surface area (Å²) < 4.78 is 5.18. The lowest BCUT2D eigenvalue weighted by Crippen LogP contribution is -2.42. The number of hydrogen-bond donors (Lipinski definition) is 1. The minimum absolute atomic E-state index is 0.139. The number of amides is 1. The van der Waals surface area contributed by atoms with Crippen molar-refractivity contribution in [2.75, 3.05) is 6.54 Å². The van der Waals surface area contributed by atoms with E-state index in [0.29, 0.717) is 25.8 Å². The summed E-state index contributed by atoms with van der Waals surface area (Å²) in [5, 5.41) is 9.12. The number of aromatic carboxylic acids is 1. The largest absolute Gasteiger partial charge is 0.476 e. The van der Waals surface area contributed by atoms with Crippen LogP contribution in [0.15, 0.2) is 10.8 Å². The highest BCUT2D eigenvalue weighted by Gasteiger charge is 2.41. The Balaban J connectivity index is 2.28. The van der Waals surface area contributed by atoms with Gasteiger partial charge in [0.2, 0.25) is 5.78 Å². The molecule has 22 heavy (non-hydrogen) atoms. The molecule has 1 atom stereocenters. The number of Topliss-reactive ketones (excluding diaryl/α,β-unsaturated/α-hetero) is 1. The second-order valence-electron chi connectivity index (χ2n) is 6.09. The van der Waals surface area contributed by atoms with E-state index in [1.54, 1.807) is 13.8 Å². The van der Waals surface area contributed by atoms with Crippen LogP contribution in [0.25, 0.3) is 0 Å². The Hall–Kier alpha value is -2.18. The zero-order valence-corrected chi connectivity index (χ0v) is 13.0. The average Bonchev–Trinajstić information content (AvgIpc) is 3.13. The molecule has 0 bridgehead atoms. The zero-order valence-electron chi connectivity index (χ0n) is 13.0. The van der Waals surface area contributed by atoms with Crippen molar-refractivity contribution in [1.82, 2.24) is 9.88 Å². The monoisotopic (exact) mass is 308 g/mol. The van der Waals surface area contributed by atoms with E-state index in [-0.39, 0.29) is 11.5 Å². The number of carboxylic acid groups (broad SMARTS) is 1. The number of aromatic nitrogens is 1. The molecule has 7 heteroatoms. The highest BCUT2D eigenvalue weighted by atomic mass is 16.4. The number of rotatable bonds is 5. The minimum atomic E-state index is -1.21. The summed E-state index contributed by atoms with van der Waals surface area (Å²) in [6.45, 7) is 5.73. The first-order valence-corrected chi connectivity index (χ1v) is 7.31. The summed E-state index contributed by atoms with van der Waals surface area (Å²) in [5.41, 5.74) is -0.937. The topological polar surface area (TPSA) is 101 Å². The van der Waals surface area contributed by atoms with Crippen molar-refractivity contribution >= 4 is 17.7 Å². The van der Waals surface area contributed by atoms with Gasteiger partial charge in [0.25, 0.3) is 5.91 Å². The number of ketones is 1. The third-order valence-corrected chi connectivity index (χ3v) is 4.31.